The number of piperazine rings is 1. The van der Waals surface area contributed by atoms with Crippen LogP contribution in [0.4, 0.5) is 11.4 Å². The molecule has 2 aliphatic rings. The molecule has 2 aliphatic heterocycles. The highest BCUT2D eigenvalue weighted by molar-refractivity contribution is 7.17. The van der Waals surface area contributed by atoms with Crippen molar-refractivity contribution < 1.29 is 19.1 Å². The number of unbranched alkanes of at least 4 members (excludes halogenated alkanes) is 7. The Bertz CT molecular complexity index is 1380. The van der Waals surface area contributed by atoms with Crippen LogP contribution in [0, 0.1) is 0 Å². The number of nitrogens with zero attached hydrogens (tertiary/aromatic N) is 3. The summed E-state index contributed by atoms with van der Waals surface area (Å²) in [6, 6.07) is 14.9. The number of esters is 1. The Balaban J connectivity index is 1.03. The monoisotopic (exact) mass is 633 g/mol. The molecule has 0 radical (unpaired) electrons. The largest absolute Gasteiger partial charge is 0.494 e. The molecule has 0 N–H and O–H groups in total. The molecular formula is C37H51N3O4S. The van der Waals surface area contributed by atoms with Gasteiger partial charge in [-0.15, -0.1) is 11.3 Å². The van der Waals surface area contributed by atoms with Gasteiger partial charge in [0.25, 0.3) is 0 Å². The summed E-state index contributed by atoms with van der Waals surface area (Å²) in [6.07, 6.45) is 11.0. The van der Waals surface area contributed by atoms with E-state index >= 15 is 0 Å². The second-order valence-electron chi connectivity index (χ2n) is 12.5. The number of benzene rings is 2. The Labute approximate surface area is 273 Å². The van der Waals surface area contributed by atoms with Crippen LogP contribution >= 0.6 is 11.3 Å². The molecule has 1 saturated heterocycles. The molecule has 3 heterocycles. The first kappa shape index (κ1) is 33.3. The highest BCUT2D eigenvalue weighted by Gasteiger charge is 2.30. The van der Waals surface area contributed by atoms with Crippen molar-refractivity contribution >= 4 is 44.7 Å². The summed E-state index contributed by atoms with van der Waals surface area (Å²) in [5, 5.41) is 3.56. The van der Waals surface area contributed by atoms with Crippen molar-refractivity contribution in [2.75, 3.05) is 49.1 Å². The Morgan fingerprint density at radius 3 is 2.51 bits per heavy atom. The van der Waals surface area contributed by atoms with E-state index in [2.05, 4.69) is 46.4 Å². The normalized spacial score (nSPS) is 16.2. The number of rotatable bonds is 17. The van der Waals surface area contributed by atoms with Crippen molar-refractivity contribution in [3.05, 3.63) is 53.4 Å². The zero-order chi connectivity index (χ0) is 31.4. The van der Waals surface area contributed by atoms with Crippen molar-refractivity contribution in [1.82, 2.24) is 4.90 Å². The number of amides is 1. The summed E-state index contributed by atoms with van der Waals surface area (Å²) >= 11 is 1.81. The van der Waals surface area contributed by atoms with Gasteiger partial charge >= 0.3 is 5.97 Å². The molecule has 1 atom stereocenters. The molecule has 8 heteroatoms. The minimum atomic E-state index is -0.637. The molecule has 1 amide bonds. The molecule has 1 unspecified atom stereocenters. The van der Waals surface area contributed by atoms with Gasteiger partial charge in [0.2, 0.25) is 5.91 Å². The van der Waals surface area contributed by atoms with Crippen molar-refractivity contribution in [2.24, 2.45) is 0 Å². The van der Waals surface area contributed by atoms with Gasteiger partial charge in [-0.1, -0.05) is 57.6 Å². The van der Waals surface area contributed by atoms with E-state index in [1.165, 1.54) is 41.5 Å². The minimum Gasteiger partial charge on any atom is -0.494 e. The third kappa shape index (κ3) is 9.23. The van der Waals surface area contributed by atoms with Crippen LogP contribution < -0.4 is 14.5 Å². The minimum absolute atomic E-state index is 0.0111. The van der Waals surface area contributed by atoms with Gasteiger partial charge < -0.3 is 14.4 Å². The number of anilines is 2. The van der Waals surface area contributed by atoms with Crippen LogP contribution in [0.3, 0.4) is 0 Å². The van der Waals surface area contributed by atoms with Crippen LogP contribution in [-0.2, 0) is 20.7 Å². The number of aryl methyl sites for hydroxylation is 1. The van der Waals surface area contributed by atoms with Crippen LogP contribution in [-0.4, -0.2) is 62.3 Å². The Kier molecular flexibility index (Phi) is 12.6. The first-order chi connectivity index (χ1) is 22.0. The Morgan fingerprint density at radius 1 is 0.889 bits per heavy atom. The van der Waals surface area contributed by atoms with Crippen LogP contribution in [0.5, 0.6) is 5.75 Å². The first-order valence-corrected chi connectivity index (χ1v) is 18.1. The fourth-order valence-electron chi connectivity index (χ4n) is 6.59. The van der Waals surface area contributed by atoms with Crippen LogP contribution in [0.15, 0.2) is 47.8 Å². The molecule has 0 spiro atoms. The maximum Gasteiger partial charge on any atom is 0.307 e. The van der Waals surface area contributed by atoms with Gasteiger partial charge in [-0.05, 0) is 74.4 Å². The van der Waals surface area contributed by atoms with Crippen LogP contribution in [0.2, 0.25) is 0 Å². The number of hydrogen-bond acceptors (Lipinski definition) is 7. The third-order valence-electron chi connectivity index (χ3n) is 9.17. The van der Waals surface area contributed by atoms with E-state index in [0.717, 1.165) is 81.8 Å². The molecular weight excluding hydrogens is 582 g/mol. The molecule has 2 aromatic carbocycles. The van der Waals surface area contributed by atoms with Gasteiger partial charge in [-0.2, -0.15) is 0 Å². The van der Waals surface area contributed by atoms with E-state index in [1.54, 1.807) is 11.8 Å². The lowest BCUT2D eigenvalue weighted by molar-refractivity contribution is -0.149. The fraction of sp³-hybridized carbons (Fsp3) is 0.568. The molecule has 1 fully saturated rings. The maximum absolute atomic E-state index is 13.0. The molecule has 0 aliphatic carbocycles. The van der Waals surface area contributed by atoms with Gasteiger partial charge in [0.15, 0.2) is 6.23 Å². The van der Waals surface area contributed by atoms with Crippen molar-refractivity contribution in [3.63, 3.8) is 0 Å². The summed E-state index contributed by atoms with van der Waals surface area (Å²) in [4.78, 5) is 32.3. The number of ether oxygens (including phenoxy) is 2. The third-order valence-corrected chi connectivity index (χ3v) is 10.0. The Hall–Kier alpha value is -3.10. The second kappa shape index (κ2) is 17.0. The summed E-state index contributed by atoms with van der Waals surface area (Å²) in [7, 11) is 0. The summed E-state index contributed by atoms with van der Waals surface area (Å²) in [6.45, 7) is 10.0. The number of carbonyl (C=O) groups is 2. The van der Waals surface area contributed by atoms with Gasteiger partial charge in [0.1, 0.15) is 5.75 Å². The molecule has 45 heavy (non-hydrogen) atoms. The van der Waals surface area contributed by atoms with Crippen LogP contribution in [0.25, 0.3) is 10.1 Å². The topological polar surface area (TPSA) is 62.3 Å². The Morgan fingerprint density at radius 2 is 1.69 bits per heavy atom. The summed E-state index contributed by atoms with van der Waals surface area (Å²) in [5.41, 5.74) is 3.26. The van der Waals surface area contributed by atoms with Crippen LogP contribution in [0.1, 0.15) is 90.0 Å². The summed E-state index contributed by atoms with van der Waals surface area (Å²) in [5.74, 6) is 0.513. The first-order valence-electron chi connectivity index (χ1n) is 17.2. The molecule has 244 valence electrons. The smallest absolute Gasteiger partial charge is 0.307 e. The fourth-order valence-corrected chi connectivity index (χ4v) is 7.39. The molecule has 0 saturated carbocycles. The standard InChI is InChI=1S/C37H51N3O4S/c1-3-4-5-6-7-8-9-15-37(42)44-29(2)40-34-28-31(18-16-30(34)17-19-36(40)41)43-26-11-10-21-38-22-24-39(25-23-38)33-13-12-14-35-32(33)20-27-45-35/h12-14,16,18,20,27-29H,3-11,15,17,19,21-26H2,1-2H3. The SMILES string of the molecule is CCCCCCCCCC(=O)OC(C)N1C(=O)CCc2ccc(OCCCCN3CCN(c4cccc5sccc45)CC3)cc21. The van der Waals surface area contributed by atoms with Gasteiger partial charge in [0, 0.05) is 60.9 Å². The molecule has 5 rings (SSSR count). The van der Waals surface area contributed by atoms with E-state index in [0.29, 0.717) is 25.9 Å². The second-order valence-corrected chi connectivity index (χ2v) is 13.5. The van der Waals surface area contributed by atoms with Crippen molar-refractivity contribution in [3.8, 4) is 5.75 Å². The lowest BCUT2D eigenvalue weighted by Crippen LogP contribution is -2.46. The predicted octanol–water partition coefficient (Wildman–Crippen LogP) is 8.19. The summed E-state index contributed by atoms with van der Waals surface area (Å²) < 4.78 is 13.2. The van der Waals surface area contributed by atoms with Gasteiger partial charge in [-0.25, -0.2) is 0 Å². The van der Waals surface area contributed by atoms with E-state index < -0.39 is 6.23 Å². The number of thiophene rings is 1. The maximum atomic E-state index is 13.0. The highest BCUT2D eigenvalue weighted by atomic mass is 32.1. The molecule has 0 bridgehead atoms. The highest BCUT2D eigenvalue weighted by Crippen LogP contribution is 2.34. The zero-order valence-electron chi connectivity index (χ0n) is 27.3. The average molecular weight is 634 g/mol. The molecule has 7 nitrogen and oxygen atoms in total. The van der Waals surface area contributed by atoms with E-state index in [-0.39, 0.29) is 11.9 Å². The van der Waals surface area contributed by atoms with E-state index in [1.807, 2.05) is 29.5 Å². The quantitative estimate of drug-likeness (QED) is 0.110. The van der Waals surface area contributed by atoms with Gasteiger partial charge in [-0.3, -0.25) is 19.4 Å². The number of carbonyl (C=O) groups excluding carboxylic acids is 2. The number of hydrogen-bond donors (Lipinski definition) is 0. The molecule has 3 aromatic rings. The molecule has 1 aromatic heterocycles. The van der Waals surface area contributed by atoms with E-state index in [9.17, 15) is 9.59 Å². The van der Waals surface area contributed by atoms with Crippen molar-refractivity contribution in [1.29, 1.82) is 0 Å². The number of fused-ring (bicyclic) bond motifs is 2. The zero-order valence-corrected chi connectivity index (χ0v) is 28.1. The lowest BCUT2D eigenvalue weighted by Gasteiger charge is -2.36. The van der Waals surface area contributed by atoms with Gasteiger partial charge in [0.05, 0.1) is 12.3 Å². The van der Waals surface area contributed by atoms with E-state index in [4.69, 9.17) is 9.47 Å². The lowest BCUT2D eigenvalue weighted by atomic mass is 10.0. The predicted molar refractivity (Wildman–Crippen MR) is 186 cm³/mol. The van der Waals surface area contributed by atoms with Crippen molar-refractivity contribution in [2.45, 2.75) is 97.1 Å². The average Bonchev–Trinajstić information content (AvgIpc) is 3.54.